The lowest BCUT2D eigenvalue weighted by molar-refractivity contribution is -0.140. The fraction of sp³-hybridized carbons (Fsp3) is 0.474. The number of amides is 2. The summed E-state index contributed by atoms with van der Waals surface area (Å²) in [6.45, 7) is 1.94. The second-order valence-corrected chi connectivity index (χ2v) is 7.09. The van der Waals surface area contributed by atoms with E-state index in [0.29, 0.717) is 37.9 Å². The van der Waals surface area contributed by atoms with Crippen LogP contribution < -0.4 is 5.32 Å². The van der Waals surface area contributed by atoms with Gasteiger partial charge in [-0.25, -0.2) is 4.68 Å². The van der Waals surface area contributed by atoms with Gasteiger partial charge in [-0.05, 0) is 17.9 Å². The normalized spacial score (nSPS) is 24.5. The minimum atomic E-state index is -0.249. The SMILES string of the molecule is Cn1nncc1C(=O)NCC1CN(C(=O)[C@@H]2C[C@H]2c2ccccc2)CCO1. The highest BCUT2D eigenvalue weighted by Gasteiger charge is 2.46. The summed E-state index contributed by atoms with van der Waals surface area (Å²) in [5.41, 5.74) is 1.63. The molecule has 1 aromatic carbocycles. The van der Waals surface area contributed by atoms with E-state index in [1.54, 1.807) is 7.05 Å². The topological polar surface area (TPSA) is 89.4 Å². The van der Waals surface area contributed by atoms with Gasteiger partial charge < -0.3 is 15.0 Å². The number of carbonyl (C=O) groups is 2. The fourth-order valence-corrected chi connectivity index (χ4v) is 3.61. The molecule has 1 unspecified atom stereocenters. The molecule has 4 rings (SSSR count). The van der Waals surface area contributed by atoms with Gasteiger partial charge in [-0.1, -0.05) is 35.5 Å². The molecule has 0 bridgehead atoms. The van der Waals surface area contributed by atoms with Crippen LogP contribution in [0.3, 0.4) is 0 Å². The van der Waals surface area contributed by atoms with Crippen LogP contribution in [0.5, 0.6) is 0 Å². The second kappa shape index (κ2) is 7.48. The summed E-state index contributed by atoms with van der Waals surface area (Å²) < 4.78 is 7.14. The summed E-state index contributed by atoms with van der Waals surface area (Å²) in [5, 5.41) is 10.3. The van der Waals surface area contributed by atoms with Crippen molar-refractivity contribution in [1.82, 2.24) is 25.2 Å². The van der Waals surface area contributed by atoms with Gasteiger partial charge in [-0.15, -0.1) is 5.10 Å². The number of nitrogens with one attached hydrogen (secondary N) is 1. The Bertz CT molecular complexity index is 822. The number of hydrogen-bond donors (Lipinski definition) is 1. The van der Waals surface area contributed by atoms with Crippen LogP contribution in [0, 0.1) is 5.92 Å². The third kappa shape index (κ3) is 3.85. The van der Waals surface area contributed by atoms with Gasteiger partial charge in [0.1, 0.15) is 5.69 Å². The van der Waals surface area contributed by atoms with E-state index in [1.165, 1.54) is 16.4 Å². The summed E-state index contributed by atoms with van der Waals surface area (Å²) in [6, 6.07) is 10.2. The van der Waals surface area contributed by atoms with Crippen molar-refractivity contribution in [3.63, 3.8) is 0 Å². The maximum Gasteiger partial charge on any atom is 0.271 e. The van der Waals surface area contributed by atoms with E-state index >= 15 is 0 Å². The zero-order valence-corrected chi connectivity index (χ0v) is 15.2. The van der Waals surface area contributed by atoms with E-state index < -0.39 is 0 Å². The van der Waals surface area contributed by atoms with Crippen LogP contribution in [0.15, 0.2) is 36.5 Å². The molecule has 2 amide bonds. The molecule has 142 valence electrons. The molecular weight excluding hydrogens is 346 g/mol. The molecule has 0 radical (unpaired) electrons. The van der Waals surface area contributed by atoms with Crippen molar-refractivity contribution in [2.45, 2.75) is 18.4 Å². The monoisotopic (exact) mass is 369 g/mol. The van der Waals surface area contributed by atoms with Crippen LogP contribution in [0.1, 0.15) is 28.4 Å². The van der Waals surface area contributed by atoms with E-state index in [-0.39, 0.29) is 23.8 Å². The lowest BCUT2D eigenvalue weighted by atomic mass is 10.1. The summed E-state index contributed by atoms with van der Waals surface area (Å²) in [5.74, 6) is 0.346. The van der Waals surface area contributed by atoms with E-state index in [4.69, 9.17) is 4.74 Å². The molecule has 2 heterocycles. The van der Waals surface area contributed by atoms with Crippen molar-refractivity contribution in [1.29, 1.82) is 0 Å². The van der Waals surface area contributed by atoms with Gasteiger partial charge in [0.05, 0.1) is 18.9 Å². The highest BCUT2D eigenvalue weighted by Crippen LogP contribution is 2.48. The van der Waals surface area contributed by atoms with Crippen molar-refractivity contribution < 1.29 is 14.3 Å². The molecule has 1 saturated heterocycles. The maximum absolute atomic E-state index is 12.8. The standard InChI is InChI=1S/C19H23N5O3/c1-23-17(11-21-22-23)18(25)20-10-14-12-24(7-8-27-14)19(26)16-9-15(16)13-5-3-2-4-6-13/h2-6,11,14-16H,7-10,12H2,1H3,(H,20,25)/t14?,15-,16+/m0/s1. The molecule has 1 aromatic heterocycles. The number of aromatic nitrogens is 3. The van der Waals surface area contributed by atoms with E-state index in [0.717, 1.165) is 6.42 Å². The van der Waals surface area contributed by atoms with Gasteiger partial charge >= 0.3 is 0 Å². The molecule has 1 N–H and O–H groups in total. The summed E-state index contributed by atoms with van der Waals surface area (Å²) in [7, 11) is 1.66. The number of rotatable bonds is 5. The van der Waals surface area contributed by atoms with E-state index in [9.17, 15) is 9.59 Å². The van der Waals surface area contributed by atoms with Crippen LogP contribution in [0.2, 0.25) is 0 Å². The third-order valence-corrected chi connectivity index (χ3v) is 5.22. The van der Waals surface area contributed by atoms with Gasteiger partial charge in [0, 0.05) is 32.6 Å². The maximum atomic E-state index is 12.8. The van der Waals surface area contributed by atoms with Gasteiger partial charge in [0.25, 0.3) is 5.91 Å². The second-order valence-electron chi connectivity index (χ2n) is 7.09. The minimum Gasteiger partial charge on any atom is -0.373 e. The number of aryl methyl sites for hydroxylation is 1. The summed E-state index contributed by atoms with van der Waals surface area (Å²) in [4.78, 5) is 26.9. The number of ether oxygens (including phenoxy) is 1. The fourth-order valence-electron chi connectivity index (χ4n) is 3.61. The molecule has 3 atom stereocenters. The van der Waals surface area contributed by atoms with Crippen LogP contribution >= 0.6 is 0 Å². The zero-order valence-electron chi connectivity index (χ0n) is 15.2. The first-order valence-electron chi connectivity index (χ1n) is 9.21. The number of benzene rings is 1. The summed E-state index contributed by atoms with van der Waals surface area (Å²) in [6.07, 6.45) is 2.13. The molecule has 1 aliphatic heterocycles. The molecule has 2 aromatic rings. The third-order valence-electron chi connectivity index (χ3n) is 5.22. The Morgan fingerprint density at radius 3 is 2.85 bits per heavy atom. The predicted molar refractivity (Wildman–Crippen MR) is 96.9 cm³/mol. The Labute approximate surface area is 157 Å². The Morgan fingerprint density at radius 1 is 1.30 bits per heavy atom. The van der Waals surface area contributed by atoms with Crippen LogP contribution in [-0.4, -0.2) is 64.1 Å². The van der Waals surface area contributed by atoms with Crippen molar-refractivity contribution in [2.75, 3.05) is 26.2 Å². The molecule has 1 saturated carbocycles. The van der Waals surface area contributed by atoms with Crippen molar-refractivity contribution in [2.24, 2.45) is 13.0 Å². The Balaban J connectivity index is 1.29. The molecule has 2 aliphatic rings. The molecule has 8 heteroatoms. The Morgan fingerprint density at radius 2 is 2.11 bits per heavy atom. The lowest BCUT2D eigenvalue weighted by Gasteiger charge is -2.33. The minimum absolute atomic E-state index is 0.0706. The average molecular weight is 369 g/mol. The first-order chi connectivity index (χ1) is 13.1. The number of carbonyl (C=O) groups excluding carboxylic acids is 2. The quantitative estimate of drug-likeness (QED) is 0.833. The van der Waals surface area contributed by atoms with Crippen LogP contribution in [0.4, 0.5) is 0 Å². The van der Waals surface area contributed by atoms with E-state index in [2.05, 4.69) is 27.8 Å². The first kappa shape index (κ1) is 17.7. The van der Waals surface area contributed by atoms with Gasteiger partial charge in [-0.2, -0.15) is 0 Å². The summed E-state index contributed by atoms with van der Waals surface area (Å²) >= 11 is 0. The largest absolute Gasteiger partial charge is 0.373 e. The molecular formula is C19H23N5O3. The van der Waals surface area contributed by atoms with E-state index in [1.807, 2.05) is 23.1 Å². The number of morpholine rings is 1. The van der Waals surface area contributed by atoms with Gasteiger partial charge in [-0.3, -0.25) is 9.59 Å². The van der Waals surface area contributed by atoms with Crippen LogP contribution in [-0.2, 0) is 16.6 Å². The van der Waals surface area contributed by atoms with Crippen molar-refractivity contribution in [3.05, 3.63) is 47.8 Å². The Kier molecular flexibility index (Phi) is 4.89. The molecule has 2 fully saturated rings. The molecule has 27 heavy (non-hydrogen) atoms. The molecule has 0 spiro atoms. The average Bonchev–Trinajstić information content (AvgIpc) is 3.40. The number of hydrogen-bond acceptors (Lipinski definition) is 5. The zero-order chi connectivity index (χ0) is 18.8. The van der Waals surface area contributed by atoms with Crippen LogP contribution in [0.25, 0.3) is 0 Å². The van der Waals surface area contributed by atoms with Gasteiger partial charge in [0.15, 0.2) is 0 Å². The number of nitrogens with zero attached hydrogens (tertiary/aromatic N) is 4. The van der Waals surface area contributed by atoms with Crippen molar-refractivity contribution >= 4 is 11.8 Å². The van der Waals surface area contributed by atoms with Crippen molar-refractivity contribution in [3.8, 4) is 0 Å². The predicted octanol–water partition coefficient (Wildman–Crippen LogP) is 0.576. The molecule has 1 aliphatic carbocycles. The first-order valence-corrected chi connectivity index (χ1v) is 9.21. The highest BCUT2D eigenvalue weighted by molar-refractivity contribution is 5.92. The Hall–Kier alpha value is -2.74. The lowest BCUT2D eigenvalue weighted by Crippen LogP contribution is -2.50. The highest BCUT2D eigenvalue weighted by atomic mass is 16.5. The smallest absolute Gasteiger partial charge is 0.271 e. The van der Waals surface area contributed by atoms with Gasteiger partial charge in [0.2, 0.25) is 5.91 Å². The molecule has 8 nitrogen and oxygen atoms in total.